The van der Waals surface area contributed by atoms with Crippen molar-refractivity contribution in [2.24, 2.45) is 24.3 Å². The fraction of sp³-hybridized carbons (Fsp3) is 0.556. The lowest BCUT2D eigenvalue weighted by Gasteiger charge is -2.34. The van der Waals surface area contributed by atoms with Crippen molar-refractivity contribution in [1.29, 1.82) is 0 Å². The number of nitrogens with one attached hydrogen (secondary N) is 1. The average molecular weight is 554 g/mol. The molecule has 11 nitrogen and oxygen atoms in total. The number of hydrogen-bond acceptors (Lipinski definition) is 8. The molecule has 0 aromatic carbocycles. The molecule has 3 fully saturated rings. The predicted molar refractivity (Wildman–Crippen MR) is 144 cm³/mol. The Labute approximate surface area is 228 Å². The lowest BCUT2D eigenvalue weighted by molar-refractivity contribution is 0.0981. The van der Waals surface area contributed by atoms with Crippen molar-refractivity contribution < 1.29 is 17.9 Å². The maximum absolute atomic E-state index is 13.5. The molecule has 3 aromatic heterocycles. The Balaban J connectivity index is 1.30. The second kappa shape index (κ2) is 8.80. The van der Waals surface area contributed by atoms with E-state index in [9.17, 15) is 13.2 Å². The lowest BCUT2D eigenvalue weighted by Crippen LogP contribution is -2.41. The summed E-state index contributed by atoms with van der Waals surface area (Å²) in [5, 5.41) is 8.56. The second-order valence-corrected chi connectivity index (χ2v) is 13.7. The van der Waals surface area contributed by atoms with Crippen molar-refractivity contribution in [3.63, 3.8) is 0 Å². The highest BCUT2D eigenvalue weighted by Crippen LogP contribution is 2.70. The summed E-state index contributed by atoms with van der Waals surface area (Å²) in [4.78, 5) is 20.4. The standard InChI is InChI=1S/C27H35N7O4S/c1-17-12-26(3,4)33(15-17)24-20(25(35)31-39(36,37)21-14-28-32(5)18(21)2)6-7-22(29-24)34-11-8-23(30-34)38-16-19-13-27(19)9-10-27/h6-8,11,14,17,19H,9-10,12-13,15-16H2,1-5H3,(H,31,35)/t17-,19?/m0/s1. The summed E-state index contributed by atoms with van der Waals surface area (Å²) >= 11 is 0. The summed E-state index contributed by atoms with van der Waals surface area (Å²) in [6.45, 7) is 9.37. The SMILES string of the molecule is Cc1c(S(=O)(=O)NC(=O)c2ccc(-n3ccc(OCC4CC45CC5)n3)nc2N2C[C@@H](C)CC2(C)C)cnn1C. The molecular weight excluding hydrogens is 518 g/mol. The summed E-state index contributed by atoms with van der Waals surface area (Å²) in [6.07, 6.45) is 7.82. The van der Waals surface area contributed by atoms with Gasteiger partial charge in [-0.3, -0.25) is 9.48 Å². The van der Waals surface area contributed by atoms with Gasteiger partial charge < -0.3 is 9.64 Å². The van der Waals surface area contributed by atoms with Gasteiger partial charge in [0.25, 0.3) is 15.9 Å². The zero-order valence-corrected chi connectivity index (χ0v) is 23.8. The topological polar surface area (TPSA) is 124 Å². The van der Waals surface area contributed by atoms with Gasteiger partial charge in [0.05, 0.1) is 24.1 Å². The normalized spacial score (nSPS) is 22.7. The number of anilines is 1. The van der Waals surface area contributed by atoms with Crippen LogP contribution in [0.4, 0.5) is 5.82 Å². The summed E-state index contributed by atoms with van der Waals surface area (Å²) < 4.78 is 37.4. The molecule has 0 radical (unpaired) electrons. The molecule has 2 atom stereocenters. The largest absolute Gasteiger partial charge is 0.476 e. The van der Waals surface area contributed by atoms with E-state index in [0.29, 0.717) is 53.6 Å². The van der Waals surface area contributed by atoms with E-state index in [2.05, 4.69) is 40.6 Å². The number of sulfonamides is 1. The maximum Gasteiger partial charge on any atom is 0.268 e. The quantitative estimate of drug-likeness (QED) is 0.451. The smallest absolute Gasteiger partial charge is 0.268 e. The van der Waals surface area contributed by atoms with Crippen LogP contribution in [0, 0.1) is 24.2 Å². The number of carbonyl (C=O) groups excluding carboxylic acids is 1. The van der Waals surface area contributed by atoms with Gasteiger partial charge in [-0.15, -0.1) is 5.10 Å². The molecule has 1 aliphatic heterocycles. The Bertz CT molecular complexity index is 1550. The van der Waals surface area contributed by atoms with Crippen molar-refractivity contribution >= 4 is 21.7 Å². The number of aromatic nitrogens is 5. The minimum Gasteiger partial charge on any atom is -0.476 e. The monoisotopic (exact) mass is 553 g/mol. The van der Waals surface area contributed by atoms with Gasteiger partial charge >= 0.3 is 0 Å². The molecule has 39 heavy (non-hydrogen) atoms. The highest BCUT2D eigenvalue weighted by atomic mass is 32.2. The molecule has 1 amide bonds. The van der Waals surface area contributed by atoms with Gasteiger partial charge in [0.2, 0.25) is 5.88 Å². The second-order valence-electron chi connectivity index (χ2n) is 12.1. The molecule has 2 saturated carbocycles. The van der Waals surface area contributed by atoms with E-state index in [4.69, 9.17) is 9.72 Å². The van der Waals surface area contributed by atoms with Gasteiger partial charge in [-0.25, -0.2) is 22.8 Å². The third-order valence-corrected chi connectivity index (χ3v) is 10.1. The minimum absolute atomic E-state index is 0.0394. The van der Waals surface area contributed by atoms with Crippen LogP contribution in [0.3, 0.4) is 0 Å². The average Bonchev–Trinajstić information content (AvgIpc) is 3.63. The van der Waals surface area contributed by atoms with Gasteiger partial charge in [-0.1, -0.05) is 6.92 Å². The summed E-state index contributed by atoms with van der Waals surface area (Å²) in [6, 6.07) is 5.10. The number of pyridine rings is 1. The van der Waals surface area contributed by atoms with E-state index in [-0.39, 0.29) is 16.0 Å². The number of ether oxygens (including phenoxy) is 1. The molecule has 1 saturated heterocycles. The number of carbonyl (C=O) groups is 1. The molecule has 2 aliphatic carbocycles. The van der Waals surface area contributed by atoms with Crippen LogP contribution < -0.4 is 14.4 Å². The number of rotatable bonds is 8. The van der Waals surface area contributed by atoms with Crippen molar-refractivity contribution in [1.82, 2.24) is 29.3 Å². The van der Waals surface area contributed by atoms with Crippen molar-refractivity contribution in [2.75, 3.05) is 18.1 Å². The molecule has 1 unspecified atom stereocenters. The fourth-order valence-corrected chi connectivity index (χ4v) is 7.19. The van der Waals surface area contributed by atoms with Crippen LogP contribution in [0.5, 0.6) is 5.88 Å². The molecule has 208 valence electrons. The first-order valence-electron chi connectivity index (χ1n) is 13.4. The Hall–Kier alpha value is -3.41. The Morgan fingerprint density at radius 3 is 2.59 bits per heavy atom. The molecule has 1 spiro atoms. The first kappa shape index (κ1) is 25.8. The molecule has 4 heterocycles. The highest BCUT2D eigenvalue weighted by Gasteiger charge is 2.62. The van der Waals surface area contributed by atoms with Gasteiger partial charge in [-0.2, -0.15) is 5.10 Å². The molecule has 3 aromatic rings. The van der Waals surface area contributed by atoms with Gasteiger partial charge in [0.1, 0.15) is 10.7 Å². The first-order chi connectivity index (χ1) is 18.4. The molecule has 0 bridgehead atoms. The molecule has 12 heteroatoms. The molecule has 1 N–H and O–H groups in total. The van der Waals surface area contributed by atoms with Crippen molar-refractivity contribution in [3.8, 4) is 11.7 Å². The van der Waals surface area contributed by atoms with E-state index in [1.165, 1.54) is 30.1 Å². The lowest BCUT2D eigenvalue weighted by atomic mass is 9.97. The van der Waals surface area contributed by atoms with E-state index >= 15 is 0 Å². The van der Waals surface area contributed by atoms with E-state index in [0.717, 1.165) is 6.42 Å². The fourth-order valence-electron chi connectivity index (χ4n) is 6.02. The van der Waals surface area contributed by atoms with E-state index < -0.39 is 15.9 Å². The summed E-state index contributed by atoms with van der Waals surface area (Å²) in [7, 11) is -2.48. The van der Waals surface area contributed by atoms with E-state index in [1.807, 2.05) is 6.07 Å². The van der Waals surface area contributed by atoms with Crippen molar-refractivity contribution in [2.45, 2.75) is 63.8 Å². The zero-order chi connectivity index (χ0) is 27.7. The van der Waals surface area contributed by atoms with Crippen LogP contribution in [0.15, 0.2) is 35.5 Å². The van der Waals surface area contributed by atoms with Crippen LogP contribution in [-0.4, -0.2) is 57.6 Å². The number of amides is 1. The summed E-state index contributed by atoms with van der Waals surface area (Å²) in [5.74, 6) is 1.75. The minimum atomic E-state index is -4.13. The Morgan fingerprint density at radius 1 is 1.21 bits per heavy atom. The van der Waals surface area contributed by atoms with Crippen LogP contribution in [-0.2, 0) is 17.1 Å². The molecular formula is C27H35N7O4S. The van der Waals surface area contributed by atoms with Gasteiger partial charge in [0.15, 0.2) is 5.82 Å². The van der Waals surface area contributed by atoms with Crippen LogP contribution in [0.1, 0.15) is 62.5 Å². The Kier molecular flexibility index (Phi) is 5.83. The predicted octanol–water partition coefficient (Wildman–Crippen LogP) is 3.23. The molecule has 3 aliphatic rings. The number of nitrogens with zero attached hydrogens (tertiary/aromatic N) is 6. The van der Waals surface area contributed by atoms with Gasteiger partial charge in [-0.05, 0) is 75.8 Å². The molecule has 6 rings (SSSR count). The Morgan fingerprint density at radius 2 is 1.97 bits per heavy atom. The number of aryl methyl sites for hydroxylation is 1. The van der Waals surface area contributed by atoms with Crippen LogP contribution >= 0.6 is 0 Å². The maximum atomic E-state index is 13.5. The highest BCUT2D eigenvalue weighted by molar-refractivity contribution is 7.90. The zero-order valence-electron chi connectivity index (χ0n) is 23.0. The van der Waals surface area contributed by atoms with Crippen LogP contribution in [0.2, 0.25) is 0 Å². The third-order valence-electron chi connectivity index (χ3n) is 8.62. The van der Waals surface area contributed by atoms with Crippen LogP contribution in [0.25, 0.3) is 5.82 Å². The van der Waals surface area contributed by atoms with Gasteiger partial charge in [0, 0.05) is 31.4 Å². The van der Waals surface area contributed by atoms with E-state index in [1.54, 1.807) is 37.0 Å². The third kappa shape index (κ3) is 4.68. The summed E-state index contributed by atoms with van der Waals surface area (Å²) in [5.41, 5.74) is 0.904. The number of hydrogen-bond donors (Lipinski definition) is 1. The van der Waals surface area contributed by atoms with Crippen molar-refractivity contribution in [3.05, 3.63) is 41.9 Å². The first-order valence-corrected chi connectivity index (χ1v) is 14.9.